The lowest BCUT2D eigenvalue weighted by atomic mass is 10.1. The lowest BCUT2D eigenvalue weighted by Crippen LogP contribution is -2.30. The van der Waals surface area contributed by atoms with Gasteiger partial charge in [0, 0.05) is 0 Å². The summed E-state index contributed by atoms with van der Waals surface area (Å²) in [4.78, 5) is 27.1. The summed E-state index contributed by atoms with van der Waals surface area (Å²) in [6.07, 6.45) is 3.23. The SMILES string of the molecule is CC(CC#N)n1nnc2cc3c(=O)n(C(C)Cn4nccn4)nnc3cc2c1=O. The smallest absolute Gasteiger partial charge is 0.267 e. The lowest BCUT2D eigenvalue weighted by Gasteiger charge is -2.13. The van der Waals surface area contributed by atoms with Gasteiger partial charge in [-0.15, -0.1) is 10.2 Å². The van der Waals surface area contributed by atoms with E-state index in [1.807, 2.05) is 6.07 Å². The molecule has 12 nitrogen and oxygen atoms in total. The Labute approximate surface area is 163 Å². The Balaban J connectivity index is 1.82. The average Bonchev–Trinajstić information content (AvgIpc) is 3.21. The van der Waals surface area contributed by atoms with Gasteiger partial charge < -0.3 is 0 Å². The molecule has 0 aliphatic heterocycles. The van der Waals surface area contributed by atoms with E-state index < -0.39 is 11.6 Å². The first kappa shape index (κ1) is 18.4. The average molecular weight is 392 g/mol. The number of benzene rings is 1. The molecule has 0 aliphatic rings. The summed E-state index contributed by atoms with van der Waals surface area (Å²) in [5, 5.41) is 33.5. The van der Waals surface area contributed by atoms with E-state index in [2.05, 4.69) is 30.8 Å². The van der Waals surface area contributed by atoms with Gasteiger partial charge in [0.2, 0.25) is 0 Å². The molecule has 0 N–H and O–H groups in total. The highest BCUT2D eigenvalue weighted by Gasteiger charge is 2.17. The normalized spacial score (nSPS) is 13.4. The van der Waals surface area contributed by atoms with Crippen molar-refractivity contribution < 1.29 is 0 Å². The molecule has 1 aromatic carbocycles. The van der Waals surface area contributed by atoms with Crippen LogP contribution in [0.5, 0.6) is 0 Å². The number of hydrogen-bond acceptors (Lipinski definition) is 9. The van der Waals surface area contributed by atoms with Crippen molar-refractivity contribution in [2.75, 3.05) is 0 Å². The standard InChI is InChI=1S/C17H16N10O2/c1-10(3-4-18)26-16(28)12-7-15-13(8-14(12)21-23-26)17(29)27(24-22-15)11(2)9-25-19-5-6-20-25/h5-8,10-11H,3,9H2,1-2H3. The third kappa shape index (κ3) is 3.22. The van der Waals surface area contributed by atoms with Gasteiger partial charge in [0.15, 0.2) is 0 Å². The fraction of sp³-hybridized carbons (Fsp3) is 0.353. The molecule has 0 spiro atoms. The van der Waals surface area contributed by atoms with E-state index in [1.165, 1.54) is 21.6 Å². The fourth-order valence-corrected chi connectivity index (χ4v) is 3.05. The summed E-state index contributed by atoms with van der Waals surface area (Å²) in [7, 11) is 0. The maximum atomic E-state index is 12.9. The van der Waals surface area contributed by atoms with Gasteiger partial charge in [0.25, 0.3) is 11.1 Å². The Morgan fingerprint density at radius 1 is 0.931 bits per heavy atom. The Hall–Kier alpha value is -4.01. The summed E-state index contributed by atoms with van der Waals surface area (Å²) in [5.74, 6) is 0. The molecule has 4 aromatic rings. The van der Waals surface area contributed by atoms with Gasteiger partial charge in [-0.3, -0.25) is 9.59 Å². The van der Waals surface area contributed by atoms with E-state index in [4.69, 9.17) is 5.26 Å². The molecule has 0 radical (unpaired) electrons. The number of nitriles is 1. The molecule has 2 unspecified atom stereocenters. The largest absolute Gasteiger partial charge is 0.277 e. The van der Waals surface area contributed by atoms with Crippen LogP contribution in [-0.2, 0) is 6.54 Å². The molecule has 2 atom stereocenters. The molecular formula is C17H16N10O2. The maximum Gasteiger partial charge on any atom is 0.277 e. The first-order valence-corrected chi connectivity index (χ1v) is 8.89. The van der Waals surface area contributed by atoms with Crippen molar-refractivity contribution in [3.63, 3.8) is 0 Å². The van der Waals surface area contributed by atoms with Crippen LogP contribution in [0.4, 0.5) is 0 Å². The van der Waals surface area contributed by atoms with Crippen LogP contribution in [0, 0.1) is 11.3 Å². The van der Waals surface area contributed by atoms with Crippen LogP contribution in [0.2, 0.25) is 0 Å². The van der Waals surface area contributed by atoms with Crippen LogP contribution in [-0.4, -0.2) is 45.0 Å². The molecule has 0 fully saturated rings. The highest BCUT2D eigenvalue weighted by molar-refractivity contribution is 5.93. The minimum absolute atomic E-state index is 0.126. The van der Waals surface area contributed by atoms with Crippen molar-refractivity contribution in [2.24, 2.45) is 0 Å². The molecule has 0 amide bonds. The molecular weight excluding hydrogens is 376 g/mol. The first-order valence-electron chi connectivity index (χ1n) is 8.89. The summed E-state index contributed by atoms with van der Waals surface area (Å²) in [5.41, 5.74) is -0.196. The molecule has 146 valence electrons. The van der Waals surface area contributed by atoms with Crippen molar-refractivity contribution >= 4 is 21.8 Å². The second-order valence-corrected chi connectivity index (χ2v) is 6.71. The van der Waals surface area contributed by atoms with Crippen molar-refractivity contribution in [3.8, 4) is 6.07 Å². The van der Waals surface area contributed by atoms with Crippen molar-refractivity contribution in [1.82, 2.24) is 45.0 Å². The highest BCUT2D eigenvalue weighted by Crippen LogP contribution is 2.16. The highest BCUT2D eigenvalue weighted by atomic mass is 16.1. The van der Waals surface area contributed by atoms with Gasteiger partial charge in [-0.05, 0) is 26.0 Å². The Kier molecular flexibility index (Phi) is 4.55. The van der Waals surface area contributed by atoms with Gasteiger partial charge in [0.05, 0.1) is 54.3 Å². The number of hydrogen-bond donors (Lipinski definition) is 0. The molecule has 0 aliphatic carbocycles. The quantitative estimate of drug-likeness (QED) is 0.434. The molecule has 0 bridgehead atoms. The summed E-state index contributed by atoms with van der Waals surface area (Å²) < 4.78 is 2.41. The number of fused-ring (bicyclic) bond motifs is 2. The summed E-state index contributed by atoms with van der Waals surface area (Å²) >= 11 is 0. The predicted octanol–water partition coefficient (Wildman–Crippen LogP) is 0.224. The van der Waals surface area contributed by atoms with E-state index in [-0.39, 0.29) is 39.8 Å². The minimum atomic E-state index is -0.420. The third-order valence-electron chi connectivity index (χ3n) is 4.60. The monoisotopic (exact) mass is 392 g/mol. The molecule has 0 saturated carbocycles. The van der Waals surface area contributed by atoms with Gasteiger partial charge in [-0.1, -0.05) is 10.4 Å². The van der Waals surface area contributed by atoms with Gasteiger partial charge in [-0.2, -0.15) is 20.3 Å². The second-order valence-electron chi connectivity index (χ2n) is 6.71. The van der Waals surface area contributed by atoms with Crippen LogP contribution in [0.1, 0.15) is 32.4 Å². The molecule has 4 rings (SSSR count). The molecule has 29 heavy (non-hydrogen) atoms. The minimum Gasteiger partial charge on any atom is -0.267 e. The fourth-order valence-electron chi connectivity index (χ4n) is 3.05. The topological polar surface area (TPSA) is 150 Å². The molecule has 12 heteroatoms. The van der Waals surface area contributed by atoms with Crippen LogP contribution in [0.15, 0.2) is 34.1 Å². The van der Waals surface area contributed by atoms with Crippen LogP contribution < -0.4 is 11.1 Å². The number of rotatable bonds is 5. The zero-order valence-electron chi connectivity index (χ0n) is 15.7. The zero-order chi connectivity index (χ0) is 20.5. The van der Waals surface area contributed by atoms with Gasteiger partial charge >= 0.3 is 0 Å². The van der Waals surface area contributed by atoms with Crippen molar-refractivity contribution in [1.29, 1.82) is 5.26 Å². The maximum absolute atomic E-state index is 12.9. The lowest BCUT2D eigenvalue weighted by molar-refractivity contribution is 0.358. The second kappa shape index (κ2) is 7.19. The van der Waals surface area contributed by atoms with Gasteiger partial charge in [-0.25, -0.2) is 9.36 Å². The predicted molar refractivity (Wildman–Crippen MR) is 101 cm³/mol. The van der Waals surface area contributed by atoms with Crippen molar-refractivity contribution in [2.45, 2.75) is 38.9 Å². The van der Waals surface area contributed by atoms with Crippen LogP contribution in [0.25, 0.3) is 21.8 Å². The number of nitrogens with zero attached hydrogens (tertiary/aromatic N) is 10. The third-order valence-corrected chi connectivity index (χ3v) is 4.60. The molecule has 3 heterocycles. The van der Waals surface area contributed by atoms with Gasteiger partial charge in [0.1, 0.15) is 11.0 Å². The van der Waals surface area contributed by atoms with E-state index in [9.17, 15) is 9.59 Å². The summed E-state index contributed by atoms with van der Waals surface area (Å²) in [6.45, 7) is 3.86. The van der Waals surface area contributed by atoms with Crippen LogP contribution >= 0.6 is 0 Å². The Morgan fingerprint density at radius 3 is 1.97 bits per heavy atom. The Morgan fingerprint density at radius 2 is 1.45 bits per heavy atom. The van der Waals surface area contributed by atoms with E-state index in [0.717, 1.165) is 4.68 Å². The zero-order valence-corrected chi connectivity index (χ0v) is 15.7. The summed E-state index contributed by atoms with van der Waals surface area (Å²) in [6, 6.07) is 4.22. The van der Waals surface area contributed by atoms with E-state index >= 15 is 0 Å². The van der Waals surface area contributed by atoms with E-state index in [0.29, 0.717) is 6.54 Å². The van der Waals surface area contributed by atoms with Crippen molar-refractivity contribution in [3.05, 3.63) is 45.2 Å². The number of aromatic nitrogens is 9. The van der Waals surface area contributed by atoms with Crippen LogP contribution in [0.3, 0.4) is 0 Å². The first-order chi connectivity index (χ1) is 14.0. The van der Waals surface area contributed by atoms with E-state index in [1.54, 1.807) is 26.2 Å². The molecule has 3 aromatic heterocycles. The molecule has 0 saturated heterocycles. The Bertz CT molecular complexity index is 1350.